The second-order valence-electron chi connectivity index (χ2n) is 4.06. The summed E-state index contributed by atoms with van der Waals surface area (Å²) in [6.07, 6.45) is 5.11. The van der Waals surface area contributed by atoms with Gasteiger partial charge in [-0.05, 0) is 12.8 Å². The Morgan fingerprint density at radius 1 is 1.53 bits per heavy atom. The Morgan fingerprint density at radius 3 is 2.93 bits per heavy atom. The van der Waals surface area contributed by atoms with Gasteiger partial charge in [-0.2, -0.15) is 5.10 Å². The lowest BCUT2D eigenvalue weighted by molar-refractivity contribution is -0.0818. The molecule has 1 aromatic heterocycles. The van der Waals surface area contributed by atoms with E-state index < -0.39 is 12.0 Å². The molecule has 0 aliphatic heterocycles. The fourth-order valence-electron chi connectivity index (χ4n) is 2.06. The lowest BCUT2D eigenvalue weighted by atomic mass is 9.92. The Balaban J connectivity index is 2.21. The van der Waals surface area contributed by atoms with E-state index in [1.165, 1.54) is 4.68 Å². The van der Waals surface area contributed by atoms with Gasteiger partial charge in [0.05, 0.1) is 6.20 Å². The number of rotatable bonds is 2. The van der Waals surface area contributed by atoms with Gasteiger partial charge in [0.25, 0.3) is 5.92 Å². The predicted molar refractivity (Wildman–Crippen MR) is 52.6 cm³/mol. The van der Waals surface area contributed by atoms with Crippen LogP contribution in [0.2, 0.25) is 0 Å². The third kappa shape index (κ3) is 2.02. The minimum Gasteiger partial charge on any atom is -0.326 e. The Bertz CT molecular complexity index is 335. The molecule has 15 heavy (non-hydrogen) atoms. The van der Waals surface area contributed by atoms with Crippen molar-refractivity contribution in [2.75, 3.05) is 0 Å². The summed E-state index contributed by atoms with van der Waals surface area (Å²) >= 11 is 0. The molecular formula is C10H15F2N3. The molecule has 1 aliphatic carbocycles. The Morgan fingerprint density at radius 2 is 2.33 bits per heavy atom. The smallest absolute Gasteiger partial charge is 0.270 e. The lowest BCUT2D eigenvalue weighted by Gasteiger charge is -2.31. The summed E-state index contributed by atoms with van der Waals surface area (Å²) in [5, 5.41) is 3.96. The van der Waals surface area contributed by atoms with Crippen LogP contribution in [-0.2, 0) is 6.54 Å². The van der Waals surface area contributed by atoms with Crippen LogP contribution < -0.4 is 5.73 Å². The van der Waals surface area contributed by atoms with E-state index in [-0.39, 0.29) is 6.42 Å². The second kappa shape index (κ2) is 3.89. The van der Waals surface area contributed by atoms with E-state index in [2.05, 4.69) is 5.10 Å². The minimum atomic E-state index is -2.63. The van der Waals surface area contributed by atoms with Crippen LogP contribution in [0.5, 0.6) is 0 Å². The maximum Gasteiger partial charge on any atom is 0.270 e. The average molecular weight is 215 g/mol. The monoisotopic (exact) mass is 215 g/mol. The fraction of sp³-hybridized carbons (Fsp3) is 0.700. The summed E-state index contributed by atoms with van der Waals surface area (Å²) in [7, 11) is 0. The molecule has 0 radical (unpaired) electrons. The van der Waals surface area contributed by atoms with Crippen molar-refractivity contribution in [2.24, 2.45) is 5.73 Å². The van der Waals surface area contributed by atoms with Gasteiger partial charge >= 0.3 is 0 Å². The first-order chi connectivity index (χ1) is 7.13. The zero-order chi connectivity index (χ0) is 10.9. The van der Waals surface area contributed by atoms with Crippen molar-refractivity contribution in [3.63, 3.8) is 0 Å². The molecule has 1 atom stereocenters. The molecule has 0 amide bonds. The van der Waals surface area contributed by atoms with Gasteiger partial charge in [0.2, 0.25) is 0 Å². The van der Waals surface area contributed by atoms with Crippen LogP contribution in [0.3, 0.4) is 0 Å². The van der Waals surface area contributed by atoms with Gasteiger partial charge in [0, 0.05) is 24.7 Å². The van der Waals surface area contributed by atoms with Crippen molar-refractivity contribution in [3.05, 3.63) is 18.0 Å². The molecule has 1 heterocycles. The molecule has 2 N–H and O–H groups in total. The van der Waals surface area contributed by atoms with Crippen molar-refractivity contribution in [1.82, 2.24) is 9.78 Å². The summed E-state index contributed by atoms with van der Waals surface area (Å²) in [5.41, 5.74) is 6.22. The molecule has 1 aliphatic rings. The Kier molecular flexibility index (Phi) is 2.73. The highest BCUT2D eigenvalue weighted by molar-refractivity contribution is 5.04. The molecule has 5 heteroatoms. The number of halogens is 2. The highest BCUT2D eigenvalue weighted by atomic mass is 19.3. The van der Waals surface area contributed by atoms with E-state index in [0.717, 1.165) is 12.0 Å². The molecule has 84 valence electrons. The third-order valence-electron chi connectivity index (χ3n) is 2.94. The molecule has 1 saturated carbocycles. The highest BCUT2D eigenvalue weighted by Crippen LogP contribution is 2.41. The third-order valence-corrected chi connectivity index (χ3v) is 2.94. The molecule has 1 unspecified atom stereocenters. The van der Waals surface area contributed by atoms with Gasteiger partial charge in [-0.1, -0.05) is 6.42 Å². The Hall–Kier alpha value is -0.970. The van der Waals surface area contributed by atoms with Crippen molar-refractivity contribution >= 4 is 0 Å². The van der Waals surface area contributed by atoms with Crippen LogP contribution in [0.15, 0.2) is 12.4 Å². The molecule has 0 aromatic carbocycles. The number of aromatic nitrogens is 2. The number of alkyl halides is 2. The topological polar surface area (TPSA) is 43.8 Å². The van der Waals surface area contributed by atoms with E-state index in [0.29, 0.717) is 19.4 Å². The van der Waals surface area contributed by atoms with Crippen LogP contribution in [0.25, 0.3) is 0 Å². The summed E-state index contributed by atoms with van der Waals surface area (Å²) in [6, 6.07) is -0.786. The van der Waals surface area contributed by atoms with Gasteiger partial charge < -0.3 is 5.73 Å². The van der Waals surface area contributed by atoms with E-state index in [9.17, 15) is 8.78 Å². The summed E-state index contributed by atoms with van der Waals surface area (Å²) in [6.45, 7) is 0.346. The second-order valence-corrected chi connectivity index (χ2v) is 4.06. The van der Waals surface area contributed by atoms with E-state index in [4.69, 9.17) is 5.73 Å². The zero-order valence-corrected chi connectivity index (χ0v) is 8.50. The zero-order valence-electron chi connectivity index (χ0n) is 8.50. The van der Waals surface area contributed by atoms with E-state index in [1.807, 2.05) is 0 Å². The molecule has 3 nitrogen and oxygen atoms in total. The first-order valence-corrected chi connectivity index (χ1v) is 5.24. The largest absolute Gasteiger partial charge is 0.326 e. The molecule has 2 rings (SSSR count). The minimum absolute atomic E-state index is 0.0323. The van der Waals surface area contributed by atoms with Gasteiger partial charge in [-0.3, -0.25) is 4.68 Å². The molecule has 0 saturated heterocycles. The summed E-state index contributed by atoms with van der Waals surface area (Å²) in [4.78, 5) is 0. The summed E-state index contributed by atoms with van der Waals surface area (Å²) < 4.78 is 28.5. The SMILES string of the molecule is NCc1cnn(C2CCCCC2(F)F)c1. The van der Waals surface area contributed by atoms with E-state index >= 15 is 0 Å². The van der Waals surface area contributed by atoms with Crippen molar-refractivity contribution in [2.45, 2.75) is 44.2 Å². The Labute approximate surface area is 87.3 Å². The van der Waals surface area contributed by atoms with Crippen LogP contribution in [0, 0.1) is 0 Å². The number of nitrogens with zero attached hydrogens (tertiary/aromatic N) is 2. The van der Waals surface area contributed by atoms with Crippen molar-refractivity contribution in [3.8, 4) is 0 Å². The van der Waals surface area contributed by atoms with Crippen molar-refractivity contribution in [1.29, 1.82) is 0 Å². The van der Waals surface area contributed by atoms with Gasteiger partial charge in [0.1, 0.15) is 6.04 Å². The standard InChI is InChI=1S/C10H15F2N3/c11-10(12)4-2-1-3-9(10)15-7-8(5-13)6-14-15/h6-7,9H,1-5,13H2. The quantitative estimate of drug-likeness (QED) is 0.821. The molecule has 1 aromatic rings. The fourth-order valence-corrected chi connectivity index (χ4v) is 2.06. The summed E-state index contributed by atoms with van der Waals surface area (Å²) in [5.74, 6) is -2.63. The average Bonchev–Trinajstić information content (AvgIpc) is 2.65. The van der Waals surface area contributed by atoms with Crippen molar-refractivity contribution < 1.29 is 8.78 Å². The van der Waals surface area contributed by atoms with Gasteiger partial charge in [0.15, 0.2) is 0 Å². The van der Waals surface area contributed by atoms with Crippen LogP contribution in [-0.4, -0.2) is 15.7 Å². The maximum absolute atomic E-state index is 13.6. The molecular weight excluding hydrogens is 200 g/mol. The van der Waals surface area contributed by atoms with Crippen LogP contribution in [0.1, 0.15) is 37.3 Å². The number of hydrogen-bond donors (Lipinski definition) is 1. The molecule has 0 bridgehead atoms. The molecule has 0 spiro atoms. The van der Waals surface area contributed by atoms with Crippen LogP contribution >= 0.6 is 0 Å². The highest BCUT2D eigenvalue weighted by Gasteiger charge is 2.42. The van der Waals surface area contributed by atoms with E-state index in [1.54, 1.807) is 12.4 Å². The predicted octanol–water partition coefficient (Wildman–Crippen LogP) is 2.09. The van der Waals surface area contributed by atoms with Crippen LogP contribution in [0.4, 0.5) is 8.78 Å². The number of nitrogens with two attached hydrogens (primary N) is 1. The first-order valence-electron chi connectivity index (χ1n) is 5.24. The lowest BCUT2D eigenvalue weighted by Crippen LogP contribution is -2.34. The van der Waals surface area contributed by atoms with Gasteiger partial charge in [-0.15, -0.1) is 0 Å². The molecule has 1 fully saturated rings. The normalized spacial score (nSPS) is 25.4. The first kappa shape index (κ1) is 10.5. The number of hydrogen-bond acceptors (Lipinski definition) is 2. The maximum atomic E-state index is 13.6. The van der Waals surface area contributed by atoms with Gasteiger partial charge in [-0.25, -0.2) is 8.78 Å².